The Morgan fingerprint density at radius 2 is 2.26 bits per heavy atom. The summed E-state index contributed by atoms with van der Waals surface area (Å²) >= 11 is 1.63. The van der Waals surface area contributed by atoms with Crippen LogP contribution in [0.1, 0.15) is 23.7 Å². The molecule has 0 aliphatic carbocycles. The largest absolute Gasteiger partial charge is 0.478 e. The maximum Gasteiger partial charge on any atom is 0.340 e. The van der Waals surface area contributed by atoms with E-state index in [0.29, 0.717) is 6.42 Å². The summed E-state index contributed by atoms with van der Waals surface area (Å²) in [6, 6.07) is -0.220. The summed E-state index contributed by atoms with van der Waals surface area (Å²) in [5, 5.41) is 14.3. The minimum absolute atomic E-state index is 0.220. The topological polar surface area (TPSA) is 103 Å². The van der Waals surface area contributed by atoms with Crippen LogP contribution in [0.15, 0.2) is 11.2 Å². The zero-order valence-electron chi connectivity index (χ0n) is 11.0. The van der Waals surface area contributed by atoms with Crippen LogP contribution in [0, 0.1) is 0 Å². The van der Waals surface area contributed by atoms with Crippen molar-refractivity contribution in [3.05, 3.63) is 11.8 Å². The number of carboxylic acid groups (broad SMARTS) is 1. The molecule has 0 aromatic carbocycles. The Morgan fingerprint density at radius 1 is 1.63 bits per heavy atom. The van der Waals surface area contributed by atoms with E-state index in [4.69, 9.17) is 5.11 Å². The second-order valence-electron chi connectivity index (χ2n) is 4.07. The second-order valence-corrected chi connectivity index (χ2v) is 6.99. The van der Waals surface area contributed by atoms with Crippen LogP contribution in [0.3, 0.4) is 0 Å². The van der Waals surface area contributed by atoms with E-state index >= 15 is 0 Å². The van der Waals surface area contributed by atoms with Gasteiger partial charge in [-0.2, -0.15) is 21.2 Å². The molecule has 2 N–H and O–H groups in total. The molecular weight excluding hydrogens is 290 g/mol. The van der Waals surface area contributed by atoms with Crippen LogP contribution >= 0.6 is 11.8 Å². The van der Waals surface area contributed by atoms with Gasteiger partial charge in [-0.3, -0.25) is 5.10 Å². The number of carboxylic acids is 1. The van der Waals surface area contributed by atoms with Gasteiger partial charge in [0.15, 0.2) is 5.03 Å². The maximum absolute atomic E-state index is 12.3. The zero-order chi connectivity index (χ0) is 14.6. The SMILES string of the molecule is CSCCC(C)N(C)S(=O)(=O)c1[nH]ncc1C(=O)O. The van der Waals surface area contributed by atoms with Gasteiger partial charge < -0.3 is 5.11 Å². The Labute approximate surface area is 116 Å². The van der Waals surface area contributed by atoms with Crippen LogP contribution in [-0.4, -0.2) is 59.1 Å². The lowest BCUT2D eigenvalue weighted by molar-refractivity contribution is 0.0692. The van der Waals surface area contributed by atoms with E-state index in [0.717, 1.165) is 11.9 Å². The van der Waals surface area contributed by atoms with Gasteiger partial charge in [-0.25, -0.2) is 13.2 Å². The minimum Gasteiger partial charge on any atom is -0.478 e. The molecule has 108 valence electrons. The molecule has 19 heavy (non-hydrogen) atoms. The summed E-state index contributed by atoms with van der Waals surface area (Å²) in [7, 11) is -2.44. The van der Waals surface area contributed by atoms with Gasteiger partial charge in [0.1, 0.15) is 5.56 Å². The highest BCUT2D eigenvalue weighted by Crippen LogP contribution is 2.20. The molecule has 0 saturated carbocycles. The van der Waals surface area contributed by atoms with Crippen molar-refractivity contribution in [2.45, 2.75) is 24.4 Å². The van der Waals surface area contributed by atoms with Crippen molar-refractivity contribution < 1.29 is 18.3 Å². The number of aromatic carboxylic acids is 1. The maximum atomic E-state index is 12.3. The number of aromatic nitrogens is 2. The smallest absolute Gasteiger partial charge is 0.340 e. The van der Waals surface area contributed by atoms with E-state index < -0.39 is 16.0 Å². The molecule has 0 radical (unpaired) electrons. The Balaban J connectivity index is 3.03. The monoisotopic (exact) mass is 307 g/mol. The number of carbonyl (C=O) groups is 1. The third kappa shape index (κ3) is 3.48. The molecule has 9 heteroatoms. The molecule has 1 aromatic heterocycles. The minimum atomic E-state index is -3.88. The van der Waals surface area contributed by atoms with Gasteiger partial charge in [-0.1, -0.05) is 0 Å². The molecular formula is C10H17N3O4S2. The van der Waals surface area contributed by atoms with E-state index in [1.54, 1.807) is 18.7 Å². The molecule has 0 saturated heterocycles. The average Bonchev–Trinajstić information content (AvgIpc) is 2.84. The lowest BCUT2D eigenvalue weighted by Gasteiger charge is -2.23. The fraction of sp³-hybridized carbons (Fsp3) is 0.600. The first-order chi connectivity index (χ1) is 8.82. The molecule has 1 aromatic rings. The Kier molecular flexibility index (Phi) is 5.39. The molecule has 0 amide bonds. The number of thioether (sulfide) groups is 1. The third-order valence-corrected chi connectivity index (χ3v) is 5.42. The highest BCUT2D eigenvalue weighted by Gasteiger charge is 2.31. The Bertz CT molecular complexity index is 541. The summed E-state index contributed by atoms with van der Waals surface area (Å²) in [5.74, 6) is -0.493. The van der Waals surface area contributed by atoms with Crippen LogP contribution < -0.4 is 0 Å². The number of nitrogens with zero attached hydrogens (tertiary/aromatic N) is 2. The first-order valence-corrected chi connectivity index (χ1v) is 8.39. The van der Waals surface area contributed by atoms with Crippen LogP contribution in [0.5, 0.6) is 0 Å². The van der Waals surface area contributed by atoms with Crippen LogP contribution in [0.2, 0.25) is 0 Å². The quantitative estimate of drug-likeness (QED) is 0.774. The van der Waals surface area contributed by atoms with Crippen molar-refractivity contribution in [3.8, 4) is 0 Å². The van der Waals surface area contributed by atoms with Gasteiger partial charge in [-0.05, 0) is 25.4 Å². The van der Waals surface area contributed by atoms with Gasteiger partial charge in [0.25, 0.3) is 10.0 Å². The Hall–Kier alpha value is -1.06. The molecule has 0 aliphatic rings. The second kappa shape index (κ2) is 6.40. The number of nitrogens with one attached hydrogen (secondary N) is 1. The van der Waals surface area contributed by atoms with E-state index in [-0.39, 0.29) is 16.6 Å². The molecule has 1 unspecified atom stereocenters. The molecule has 0 bridgehead atoms. The van der Waals surface area contributed by atoms with Crippen molar-refractivity contribution in [2.75, 3.05) is 19.1 Å². The zero-order valence-corrected chi connectivity index (χ0v) is 12.6. The van der Waals surface area contributed by atoms with Crippen molar-refractivity contribution in [3.63, 3.8) is 0 Å². The van der Waals surface area contributed by atoms with E-state index in [1.807, 2.05) is 6.26 Å². The third-order valence-electron chi connectivity index (χ3n) is 2.83. The summed E-state index contributed by atoms with van der Waals surface area (Å²) in [6.07, 6.45) is 3.63. The summed E-state index contributed by atoms with van der Waals surface area (Å²) in [5.41, 5.74) is -0.344. The predicted molar refractivity (Wildman–Crippen MR) is 73.0 cm³/mol. The highest BCUT2D eigenvalue weighted by molar-refractivity contribution is 7.98. The van der Waals surface area contributed by atoms with Crippen molar-refractivity contribution in [2.24, 2.45) is 0 Å². The van der Waals surface area contributed by atoms with E-state index in [2.05, 4.69) is 10.2 Å². The van der Waals surface area contributed by atoms with Crippen molar-refractivity contribution in [1.82, 2.24) is 14.5 Å². The first-order valence-electron chi connectivity index (χ1n) is 5.56. The molecule has 1 atom stereocenters. The predicted octanol–water partition coefficient (Wildman–Crippen LogP) is 0.870. The van der Waals surface area contributed by atoms with Crippen LogP contribution in [-0.2, 0) is 10.0 Å². The van der Waals surface area contributed by atoms with Gasteiger partial charge in [0.05, 0.1) is 6.20 Å². The van der Waals surface area contributed by atoms with Gasteiger partial charge >= 0.3 is 5.97 Å². The standard InChI is InChI=1S/C10H17N3O4S2/c1-7(4-5-18-3)13(2)19(16,17)9-8(10(14)15)6-11-12-9/h6-7H,4-5H2,1-3H3,(H,11,12)(H,14,15). The number of hydrogen-bond acceptors (Lipinski definition) is 5. The van der Waals surface area contributed by atoms with Gasteiger partial charge in [0, 0.05) is 13.1 Å². The Morgan fingerprint density at radius 3 is 2.79 bits per heavy atom. The molecule has 1 rings (SSSR count). The number of aromatic amines is 1. The summed E-state index contributed by atoms with van der Waals surface area (Å²) in [6.45, 7) is 1.78. The lowest BCUT2D eigenvalue weighted by atomic mass is 10.3. The van der Waals surface area contributed by atoms with Gasteiger partial charge in [0.2, 0.25) is 0 Å². The number of hydrogen-bond donors (Lipinski definition) is 2. The van der Waals surface area contributed by atoms with Crippen LogP contribution in [0.4, 0.5) is 0 Å². The molecule has 1 heterocycles. The molecule has 7 nitrogen and oxygen atoms in total. The fourth-order valence-electron chi connectivity index (χ4n) is 1.47. The normalized spacial score (nSPS) is 13.7. The lowest BCUT2D eigenvalue weighted by Crippen LogP contribution is -2.36. The number of H-pyrrole nitrogens is 1. The average molecular weight is 307 g/mol. The summed E-state index contributed by atoms with van der Waals surface area (Å²) in [4.78, 5) is 10.9. The first kappa shape index (κ1) is 16.0. The van der Waals surface area contributed by atoms with E-state index in [9.17, 15) is 13.2 Å². The number of rotatable bonds is 7. The van der Waals surface area contributed by atoms with E-state index in [1.165, 1.54) is 11.4 Å². The molecule has 0 aliphatic heterocycles. The molecule has 0 fully saturated rings. The number of sulfonamides is 1. The van der Waals surface area contributed by atoms with Crippen molar-refractivity contribution >= 4 is 27.8 Å². The highest BCUT2D eigenvalue weighted by atomic mass is 32.2. The summed E-state index contributed by atoms with van der Waals surface area (Å²) < 4.78 is 25.8. The van der Waals surface area contributed by atoms with Crippen LogP contribution in [0.25, 0.3) is 0 Å². The van der Waals surface area contributed by atoms with Gasteiger partial charge in [-0.15, -0.1) is 0 Å². The fourth-order valence-corrected chi connectivity index (χ4v) is 3.50. The molecule has 0 spiro atoms. The van der Waals surface area contributed by atoms with Crippen molar-refractivity contribution in [1.29, 1.82) is 0 Å².